The number of phenols is 1. The first kappa shape index (κ1) is 12.6. The summed E-state index contributed by atoms with van der Waals surface area (Å²) in [5.41, 5.74) is 0.898. The molecule has 20 heavy (non-hydrogen) atoms. The highest BCUT2D eigenvalue weighted by molar-refractivity contribution is 5.87. The summed E-state index contributed by atoms with van der Waals surface area (Å²) in [4.78, 5) is 4.12. The Bertz CT molecular complexity index is 709. The first-order valence-electron chi connectivity index (χ1n) is 6.54. The van der Waals surface area contributed by atoms with Gasteiger partial charge in [-0.25, -0.2) is 4.98 Å². The average Bonchev–Trinajstić information content (AvgIpc) is 3.00. The van der Waals surface area contributed by atoms with E-state index in [9.17, 15) is 5.11 Å². The molecule has 3 aromatic rings. The van der Waals surface area contributed by atoms with Gasteiger partial charge in [0.15, 0.2) is 0 Å². The standard InChI is InChI=1S/C15H16N4O/c1-10(15-17-9-18-19-15)16-8-13-12-5-3-2-4-11(12)6-7-14(13)20/h2-7,9-10,16,20H,8H2,1H3,(H,17,18,19). The summed E-state index contributed by atoms with van der Waals surface area (Å²) < 4.78 is 0. The van der Waals surface area contributed by atoms with Crippen LogP contribution in [-0.4, -0.2) is 20.3 Å². The fourth-order valence-corrected chi connectivity index (χ4v) is 2.29. The second-order valence-corrected chi connectivity index (χ2v) is 4.76. The minimum Gasteiger partial charge on any atom is -0.508 e. The van der Waals surface area contributed by atoms with E-state index in [-0.39, 0.29) is 6.04 Å². The van der Waals surface area contributed by atoms with Crippen LogP contribution in [0.2, 0.25) is 0 Å². The fraction of sp³-hybridized carbons (Fsp3) is 0.200. The summed E-state index contributed by atoms with van der Waals surface area (Å²) in [5, 5.41) is 22.3. The van der Waals surface area contributed by atoms with Crippen LogP contribution >= 0.6 is 0 Å². The van der Waals surface area contributed by atoms with Crippen molar-refractivity contribution in [3.63, 3.8) is 0 Å². The van der Waals surface area contributed by atoms with E-state index in [2.05, 4.69) is 20.5 Å². The molecule has 0 bridgehead atoms. The van der Waals surface area contributed by atoms with E-state index < -0.39 is 0 Å². The predicted octanol–water partition coefficient (Wildman–Crippen LogP) is 2.51. The number of aromatic amines is 1. The molecule has 1 atom stereocenters. The fourth-order valence-electron chi connectivity index (χ4n) is 2.29. The van der Waals surface area contributed by atoms with Crippen molar-refractivity contribution >= 4 is 10.8 Å². The molecule has 3 rings (SSSR count). The van der Waals surface area contributed by atoms with Crippen LogP contribution in [0.4, 0.5) is 0 Å². The maximum absolute atomic E-state index is 10.1. The molecule has 5 heteroatoms. The molecule has 102 valence electrons. The zero-order chi connectivity index (χ0) is 13.9. The summed E-state index contributed by atoms with van der Waals surface area (Å²) in [6.07, 6.45) is 1.49. The summed E-state index contributed by atoms with van der Waals surface area (Å²) in [7, 11) is 0. The van der Waals surface area contributed by atoms with Crippen molar-refractivity contribution in [2.75, 3.05) is 0 Å². The maximum Gasteiger partial charge on any atom is 0.141 e. The number of rotatable bonds is 4. The summed E-state index contributed by atoms with van der Waals surface area (Å²) in [5.74, 6) is 1.09. The molecule has 2 aromatic carbocycles. The molecule has 0 aliphatic rings. The molecule has 1 heterocycles. The van der Waals surface area contributed by atoms with Crippen molar-refractivity contribution in [3.05, 3.63) is 54.1 Å². The third kappa shape index (κ3) is 2.35. The van der Waals surface area contributed by atoms with Gasteiger partial charge in [0.1, 0.15) is 17.9 Å². The number of hydrogen-bond donors (Lipinski definition) is 3. The van der Waals surface area contributed by atoms with E-state index in [1.54, 1.807) is 6.07 Å². The molecule has 1 unspecified atom stereocenters. The van der Waals surface area contributed by atoms with Gasteiger partial charge in [0.25, 0.3) is 0 Å². The molecule has 1 aromatic heterocycles. The monoisotopic (exact) mass is 268 g/mol. The lowest BCUT2D eigenvalue weighted by Gasteiger charge is -2.14. The van der Waals surface area contributed by atoms with Gasteiger partial charge in [-0.2, -0.15) is 5.10 Å². The van der Waals surface area contributed by atoms with Crippen molar-refractivity contribution in [2.24, 2.45) is 0 Å². The molecular weight excluding hydrogens is 252 g/mol. The maximum atomic E-state index is 10.1. The third-order valence-electron chi connectivity index (χ3n) is 3.44. The number of benzene rings is 2. The zero-order valence-electron chi connectivity index (χ0n) is 11.2. The Morgan fingerprint density at radius 2 is 2.10 bits per heavy atom. The van der Waals surface area contributed by atoms with Crippen LogP contribution < -0.4 is 5.32 Å². The SMILES string of the molecule is CC(NCc1c(O)ccc2ccccc12)c1ncn[nH]1. The minimum atomic E-state index is 0.0378. The lowest BCUT2D eigenvalue weighted by molar-refractivity contribution is 0.460. The van der Waals surface area contributed by atoms with E-state index in [4.69, 9.17) is 0 Å². The Labute approximate surface area is 116 Å². The smallest absolute Gasteiger partial charge is 0.141 e. The van der Waals surface area contributed by atoms with Crippen LogP contribution in [-0.2, 0) is 6.54 Å². The molecule has 0 amide bonds. The van der Waals surface area contributed by atoms with E-state index in [0.717, 1.165) is 22.2 Å². The highest BCUT2D eigenvalue weighted by atomic mass is 16.3. The molecular formula is C15H16N4O. The van der Waals surface area contributed by atoms with Crippen molar-refractivity contribution in [2.45, 2.75) is 19.5 Å². The molecule has 0 spiro atoms. The van der Waals surface area contributed by atoms with Crippen LogP contribution in [0.1, 0.15) is 24.4 Å². The van der Waals surface area contributed by atoms with Crippen molar-refractivity contribution in [3.8, 4) is 5.75 Å². The van der Waals surface area contributed by atoms with Crippen LogP contribution in [0.5, 0.6) is 5.75 Å². The van der Waals surface area contributed by atoms with Gasteiger partial charge >= 0.3 is 0 Å². The van der Waals surface area contributed by atoms with Crippen LogP contribution in [0.3, 0.4) is 0 Å². The van der Waals surface area contributed by atoms with Gasteiger partial charge < -0.3 is 10.4 Å². The molecule has 0 saturated carbocycles. The second kappa shape index (κ2) is 5.30. The summed E-state index contributed by atoms with van der Waals surface area (Å²) in [6.45, 7) is 2.57. The van der Waals surface area contributed by atoms with Crippen LogP contribution in [0.25, 0.3) is 10.8 Å². The molecule has 0 aliphatic heterocycles. The van der Waals surface area contributed by atoms with Crippen molar-refractivity contribution in [1.29, 1.82) is 0 Å². The van der Waals surface area contributed by atoms with Gasteiger partial charge in [0.05, 0.1) is 6.04 Å². The first-order valence-corrected chi connectivity index (χ1v) is 6.54. The molecule has 0 aliphatic carbocycles. The second-order valence-electron chi connectivity index (χ2n) is 4.76. The Morgan fingerprint density at radius 3 is 2.90 bits per heavy atom. The normalized spacial score (nSPS) is 12.7. The van der Waals surface area contributed by atoms with E-state index in [1.165, 1.54) is 6.33 Å². The largest absolute Gasteiger partial charge is 0.508 e. The third-order valence-corrected chi connectivity index (χ3v) is 3.44. The lowest BCUT2D eigenvalue weighted by atomic mass is 10.0. The van der Waals surface area contributed by atoms with Gasteiger partial charge in [-0.3, -0.25) is 5.10 Å². The van der Waals surface area contributed by atoms with Gasteiger partial charge in [0, 0.05) is 12.1 Å². The number of phenolic OH excluding ortho intramolecular Hbond substituents is 1. The predicted molar refractivity (Wildman–Crippen MR) is 77.3 cm³/mol. The quantitative estimate of drug-likeness (QED) is 0.679. The number of hydrogen-bond acceptors (Lipinski definition) is 4. The lowest BCUT2D eigenvalue weighted by Crippen LogP contribution is -2.19. The summed E-state index contributed by atoms with van der Waals surface area (Å²) in [6, 6.07) is 11.7. The molecule has 0 saturated heterocycles. The van der Waals surface area contributed by atoms with Crippen molar-refractivity contribution < 1.29 is 5.11 Å². The number of aromatic hydroxyl groups is 1. The van der Waals surface area contributed by atoms with Crippen LogP contribution in [0, 0.1) is 0 Å². The van der Waals surface area contributed by atoms with Gasteiger partial charge in [0.2, 0.25) is 0 Å². The topological polar surface area (TPSA) is 73.8 Å². The Balaban J connectivity index is 1.85. The Kier molecular flexibility index (Phi) is 3.35. The Hall–Kier alpha value is -2.40. The minimum absolute atomic E-state index is 0.0378. The number of nitrogens with one attached hydrogen (secondary N) is 2. The highest BCUT2D eigenvalue weighted by Gasteiger charge is 2.11. The summed E-state index contributed by atoms with van der Waals surface area (Å²) >= 11 is 0. The molecule has 5 nitrogen and oxygen atoms in total. The Morgan fingerprint density at radius 1 is 1.25 bits per heavy atom. The van der Waals surface area contributed by atoms with Gasteiger partial charge in [-0.1, -0.05) is 30.3 Å². The van der Waals surface area contributed by atoms with Gasteiger partial charge in [-0.05, 0) is 23.8 Å². The number of nitrogens with zero attached hydrogens (tertiary/aromatic N) is 2. The zero-order valence-corrected chi connectivity index (χ0v) is 11.2. The molecule has 0 radical (unpaired) electrons. The van der Waals surface area contributed by atoms with E-state index in [0.29, 0.717) is 12.3 Å². The number of H-pyrrole nitrogens is 1. The van der Waals surface area contributed by atoms with E-state index >= 15 is 0 Å². The molecule has 0 fully saturated rings. The van der Waals surface area contributed by atoms with Crippen molar-refractivity contribution in [1.82, 2.24) is 20.5 Å². The number of aromatic nitrogens is 3. The highest BCUT2D eigenvalue weighted by Crippen LogP contribution is 2.27. The van der Waals surface area contributed by atoms with Crippen LogP contribution in [0.15, 0.2) is 42.7 Å². The van der Waals surface area contributed by atoms with Gasteiger partial charge in [-0.15, -0.1) is 0 Å². The number of fused-ring (bicyclic) bond motifs is 1. The van der Waals surface area contributed by atoms with E-state index in [1.807, 2.05) is 37.3 Å². The average molecular weight is 268 g/mol. The first-order chi connectivity index (χ1) is 9.75. The molecule has 3 N–H and O–H groups in total.